The zero-order chi connectivity index (χ0) is 34.7. The number of imidazole rings is 4. The van der Waals surface area contributed by atoms with Crippen LogP contribution in [0.5, 0.6) is 0 Å². The summed E-state index contributed by atoms with van der Waals surface area (Å²) in [5, 5.41) is 0. The van der Waals surface area contributed by atoms with Gasteiger partial charge in [-0.15, -0.1) is 0 Å². The Bertz CT molecular complexity index is 2190. The molecule has 0 unspecified atom stereocenters. The van der Waals surface area contributed by atoms with Gasteiger partial charge in [-0.1, -0.05) is 24.3 Å². The smallest absolute Gasteiger partial charge is 0.0991 e. The summed E-state index contributed by atoms with van der Waals surface area (Å²) >= 11 is 0. The maximum Gasteiger partial charge on any atom is 0.0991 e. The molecule has 9 aromatic rings. The molecular formula is C42H32N10. The Morgan fingerprint density at radius 3 is 0.808 bits per heavy atom. The van der Waals surface area contributed by atoms with Crippen molar-refractivity contribution in [3.8, 4) is 22.7 Å². The Balaban J connectivity index is 1.16. The number of rotatable bonds is 10. The van der Waals surface area contributed by atoms with Crippen LogP contribution in [0.4, 0.5) is 34.1 Å². The summed E-state index contributed by atoms with van der Waals surface area (Å²) in [7, 11) is 0. The van der Waals surface area contributed by atoms with E-state index in [9.17, 15) is 0 Å². The first kappa shape index (κ1) is 30.6. The maximum absolute atomic E-state index is 4.27. The van der Waals surface area contributed by atoms with E-state index in [-0.39, 0.29) is 0 Å². The Kier molecular flexibility index (Phi) is 7.91. The van der Waals surface area contributed by atoms with Gasteiger partial charge in [0.25, 0.3) is 0 Å². The van der Waals surface area contributed by atoms with Crippen molar-refractivity contribution in [1.82, 2.24) is 38.2 Å². The van der Waals surface area contributed by atoms with E-state index in [0.29, 0.717) is 0 Å². The van der Waals surface area contributed by atoms with Gasteiger partial charge in [0.2, 0.25) is 0 Å². The third kappa shape index (κ3) is 6.01. The molecule has 0 radical (unpaired) electrons. The topological polar surface area (TPSA) is 77.8 Å². The molecule has 10 nitrogen and oxygen atoms in total. The van der Waals surface area contributed by atoms with Crippen molar-refractivity contribution >= 4 is 34.1 Å². The lowest BCUT2D eigenvalue weighted by Crippen LogP contribution is -2.13. The van der Waals surface area contributed by atoms with E-state index in [2.05, 4.69) is 151 Å². The van der Waals surface area contributed by atoms with Crippen molar-refractivity contribution in [2.24, 2.45) is 0 Å². The van der Waals surface area contributed by atoms with Crippen LogP contribution in [0, 0.1) is 0 Å². The second kappa shape index (κ2) is 13.4. The SMILES string of the molecule is c1cc(N(c2ccc(N(c3cccc(-n4ccnc4)c3)c3cccc(-n4ccnc4)c3)cc2)c2cccc(-n3ccnc3)c2)cc(-n2ccnc2)c1. The Hall–Kier alpha value is -7.46. The first-order valence-electron chi connectivity index (χ1n) is 16.8. The fourth-order valence-electron chi connectivity index (χ4n) is 6.46. The molecule has 0 aliphatic rings. The molecule has 4 heterocycles. The van der Waals surface area contributed by atoms with Gasteiger partial charge >= 0.3 is 0 Å². The summed E-state index contributed by atoms with van der Waals surface area (Å²) in [6.07, 6.45) is 22.2. The van der Waals surface area contributed by atoms with Crippen LogP contribution in [0.25, 0.3) is 22.7 Å². The lowest BCUT2D eigenvalue weighted by molar-refractivity contribution is 1.05. The highest BCUT2D eigenvalue weighted by Gasteiger charge is 2.18. The Morgan fingerprint density at radius 1 is 0.308 bits per heavy atom. The molecule has 0 aliphatic heterocycles. The van der Waals surface area contributed by atoms with Crippen LogP contribution in [0.1, 0.15) is 0 Å². The van der Waals surface area contributed by atoms with Crippen LogP contribution in [-0.4, -0.2) is 38.2 Å². The second-order valence-electron chi connectivity index (χ2n) is 12.1. The number of hydrogen-bond donors (Lipinski definition) is 0. The van der Waals surface area contributed by atoms with E-state index in [1.807, 2.05) is 68.4 Å². The third-order valence-electron chi connectivity index (χ3n) is 8.93. The van der Waals surface area contributed by atoms with Gasteiger partial charge in [0.05, 0.1) is 25.3 Å². The minimum absolute atomic E-state index is 1.01. The highest BCUT2D eigenvalue weighted by molar-refractivity contribution is 5.82. The number of anilines is 6. The molecule has 250 valence electrons. The summed E-state index contributed by atoms with van der Waals surface area (Å²) in [6.45, 7) is 0. The van der Waals surface area contributed by atoms with Crippen LogP contribution in [-0.2, 0) is 0 Å². The lowest BCUT2D eigenvalue weighted by Gasteiger charge is -2.29. The normalized spacial score (nSPS) is 11.1. The molecule has 4 aromatic heterocycles. The average Bonchev–Trinajstić information content (AvgIpc) is 4.05. The van der Waals surface area contributed by atoms with Crippen molar-refractivity contribution in [2.45, 2.75) is 0 Å². The fraction of sp³-hybridized carbons (Fsp3) is 0. The molecule has 0 saturated carbocycles. The van der Waals surface area contributed by atoms with E-state index in [4.69, 9.17) is 0 Å². The standard InChI is InChI=1S/C42H32N10/c1-5-35(47-21-17-43-29-47)25-39(9-1)51(40-10-2-6-36(26-40)48-22-18-44-30-48)33-13-15-34(16-14-33)52(41-11-3-7-37(27-41)49-23-19-45-31-49)42-12-4-8-38(28-42)50-24-20-46-32-50/h1-32H. The van der Waals surface area contributed by atoms with E-state index in [1.165, 1.54) is 0 Å². The molecule has 10 heteroatoms. The van der Waals surface area contributed by atoms with Crippen LogP contribution in [0.3, 0.4) is 0 Å². The van der Waals surface area contributed by atoms with Gasteiger partial charge in [0.1, 0.15) is 0 Å². The molecule has 0 amide bonds. The molecule has 0 bridgehead atoms. The fourth-order valence-corrected chi connectivity index (χ4v) is 6.46. The van der Waals surface area contributed by atoms with Crippen molar-refractivity contribution in [1.29, 1.82) is 0 Å². The van der Waals surface area contributed by atoms with Crippen LogP contribution in [0.2, 0.25) is 0 Å². The minimum Gasteiger partial charge on any atom is -0.310 e. The average molecular weight is 677 g/mol. The largest absolute Gasteiger partial charge is 0.310 e. The summed E-state index contributed by atoms with van der Waals surface area (Å²) in [6, 6.07) is 42.6. The van der Waals surface area contributed by atoms with E-state index in [0.717, 1.165) is 56.9 Å². The monoisotopic (exact) mass is 676 g/mol. The molecule has 9 rings (SSSR count). The summed E-state index contributed by atoms with van der Waals surface area (Å²) in [5.74, 6) is 0. The molecule has 5 aromatic carbocycles. The zero-order valence-corrected chi connectivity index (χ0v) is 27.9. The minimum atomic E-state index is 1.01. The quantitative estimate of drug-likeness (QED) is 0.144. The molecule has 0 aliphatic carbocycles. The van der Waals surface area contributed by atoms with Crippen molar-refractivity contribution in [3.63, 3.8) is 0 Å². The van der Waals surface area contributed by atoms with Crippen molar-refractivity contribution in [3.05, 3.63) is 196 Å². The van der Waals surface area contributed by atoms with E-state index in [1.54, 1.807) is 24.8 Å². The number of benzene rings is 5. The third-order valence-corrected chi connectivity index (χ3v) is 8.93. The van der Waals surface area contributed by atoms with Crippen LogP contribution >= 0.6 is 0 Å². The van der Waals surface area contributed by atoms with Gasteiger partial charge in [-0.25, -0.2) is 19.9 Å². The molecular weight excluding hydrogens is 645 g/mol. The van der Waals surface area contributed by atoms with Gasteiger partial charge in [-0.05, 0) is 97.1 Å². The summed E-state index contributed by atoms with van der Waals surface area (Å²) in [5.41, 5.74) is 10.1. The lowest BCUT2D eigenvalue weighted by atomic mass is 10.1. The maximum atomic E-state index is 4.27. The molecule has 0 atom stereocenters. The van der Waals surface area contributed by atoms with E-state index < -0.39 is 0 Å². The molecule has 0 spiro atoms. The predicted molar refractivity (Wildman–Crippen MR) is 204 cm³/mol. The second-order valence-corrected chi connectivity index (χ2v) is 12.1. The zero-order valence-electron chi connectivity index (χ0n) is 27.9. The Labute approximate surface area is 300 Å². The molecule has 52 heavy (non-hydrogen) atoms. The van der Waals surface area contributed by atoms with Gasteiger partial charge in [0, 0.05) is 106 Å². The van der Waals surface area contributed by atoms with Gasteiger partial charge < -0.3 is 28.1 Å². The van der Waals surface area contributed by atoms with Gasteiger partial charge in [0.15, 0.2) is 0 Å². The highest BCUT2D eigenvalue weighted by Crippen LogP contribution is 2.40. The van der Waals surface area contributed by atoms with Crippen LogP contribution in [0.15, 0.2) is 196 Å². The number of nitrogens with zero attached hydrogens (tertiary/aromatic N) is 10. The van der Waals surface area contributed by atoms with Crippen LogP contribution < -0.4 is 9.80 Å². The first-order chi connectivity index (χ1) is 25.8. The first-order valence-corrected chi connectivity index (χ1v) is 16.8. The predicted octanol–water partition coefficient (Wildman–Crippen LogP) is 9.37. The Morgan fingerprint density at radius 2 is 0.577 bits per heavy atom. The molecule has 0 fully saturated rings. The summed E-state index contributed by atoms with van der Waals surface area (Å²) < 4.78 is 8.06. The molecule has 0 N–H and O–H groups in total. The van der Waals surface area contributed by atoms with Crippen molar-refractivity contribution < 1.29 is 0 Å². The number of hydrogen-bond acceptors (Lipinski definition) is 6. The van der Waals surface area contributed by atoms with Gasteiger partial charge in [-0.3, -0.25) is 0 Å². The summed E-state index contributed by atoms with van der Waals surface area (Å²) in [4.78, 5) is 21.6. The van der Waals surface area contributed by atoms with E-state index >= 15 is 0 Å². The number of aromatic nitrogens is 8. The molecule has 0 saturated heterocycles. The van der Waals surface area contributed by atoms with Gasteiger partial charge in [-0.2, -0.15) is 0 Å². The highest BCUT2D eigenvalue weighted by atomic mass is 15.2. The van der Waals surface area contributed by atoms with Crippen molar-refractivity contribution in [2.75, 3.05) is 9.80 Å².